The summed E-state index contributed by atoms with van der Waals surface area (Å²) in [5.74, 6) is 0.00917. The van der Waals surface area contributed by atoms with E-state index in [-0.39, 0.29) is 11.9 Å². The number of piperidine rings is 1. The summed E-state index contributed by atoms with van der Waals surface area (Å²) >= 11 is 0. The van der Waals surface area contributed by atoms with Gasteiger partial charge in [-0.2, -0.15) is 5.10 Å². The van der Waals surface area contributed by atoms with Crippen LogP contribution in [0.4, 0.5) is 0 Å². The molecule has 0 saturated carbocycles. The second-order valence-corrected chi connectivity index (χ2v) is 6.49. The van der Waals surface area contributed by atoms with Gasteiger partial charge in [0.05, 0.1) is 22.7 Å². The Kier molecular flexibility index (Phi) is 4.21. The van der Waals surface area contributed by atoms with Crippen LogP contribution in [0.25, 0.3) is 11.1 Å². The molecule has 0 N–H and O–H groups in total. The Balaban J connectivity index is 1.57. The first-order valence-electron chi connectivity index (χ1n) is 8.79. The van der Waals surface area contributed by atoms with Crippen LogP contribution in [0.1, 0.15) is 48.3 Å². The first-order chi connectivity index (χ1) is 12.3. The molecule has 0 unspecified atom stereocenters. The molecule has 1 fully saturated rings. The number of pyridine rings is 1. The van der Waals surface area contributed by atoms with Crippen molar-refractivity contribution in [2.75, 3.05) is 13.1 Å². The third-order valence-corrected chi connectivity index (χ3v) is 4.72. The van der Waals surface area contributed by atoms with E-state index in [1.54, 1.807) is 12.4 Å². The topological polar surface area (TPSA) is 77.0 Å². The highest BCUT2D eigenvalue weighted by Crippen LogP contribution is 2.24. The van der Waals surface area contributed by atoms with E-state index in [1.807, 2.05) is 27.9 Å². The second-order valence-electron chi connectivity index (χ2n) is 6.49. The molecule has 1 aliphatic rings. The minimum Gasteiger partial charge on any atom is -0.336 e. The van der Waals surface area contributed by atoms with Gasteiger partial charge in [-0.25, -0.2) is 4.98 Å². The van der Waals surface area contributed by atoms with Crippen molar-refractivity contribution in [3.05, 3.63) is 42.0 Å². The van der Waals surface area contributed by atoms with E-state index in [2.05, 4.69) is 22.2 Å². The minimum atomic E-state index is 0.00917. The van der Waals surface area contributed by atoms with Crippen molar-refractivity contribution in [2.24, 2.45) is 0 Å². The highest BCUT2D eigenvalue weighted by atomic mass is 16.5. The molecule has 1 aliphatic heterocycles. The van der Waals surface area contributed by atoms with E-state index in [0.717, 1.165) is 43.3 Å². The Morgan fingerprint density at radius 1 is 1.44 bits per heavy atom. The van der Waals surface area contributed by atoms with Crippen molar-refractivity contribution in [1.29, 1.82) is 0 Å². The van der Waals surface area contributed by atoms with Gasteiger partial charge in [0.15, 0.2) is 0 Å². The number of nitrogens with zero attached hydrogens (tertiary/aromatic N) is 5. The molecule has 0 aliphatic carbocycles. The van der Waals surface area contributed by atoms with Crippen LogP contribution in [-0.2, 0) is 6.42 Å². The van der Waals surface area contributed by atoms with Crippen LogP contribution >= 0.6 is 0 Å². The molecule has 7 nitrogen and oxygen atoms in total. The normalized spacial score (nSPS) is 18.0. The molecule has 1 atom stereocenters. The Morgan fingerprint density at radius 2 is 2.36 bits per heavy atom. The highest BCUT2D eigenvalue weighted by Gasteiger charge is 2.26. The van der Waals surface area contributed by atoms with Gasteiger partial charge in [0.1, 0.15) is 0 Å². The van der Waals surface area contributed by atoms with Crippen molar-refractivity contribution in [2.45, 2.75) is 38.6 Å². The lowest BCUT2D eigenvalue weighted by atomic mass is 10.0. The van der Waals surface area contributed by atoms with Crippen LogP contribution in [0.5, 0.6) is 0 Å². The lowest BCUT2D eigenvalue weighted by Gasteiger charge is -2.32. The predicted molar refractivity (Wildman–Crippen MR) is 92.2 cm³/mol. The smallest absolute Gasteiger partial charge is 0.257 e. The molecule has 1 saturated heterocycles. The Bertz CT molecular complexity index is 871. The molecule has 0 bridgehead atoms. The Hall–Kier alpha value is -2.70. The molecule has 1 amide bonds. The SMILES string of the molecule is CCCc1noc2ncc(C(=O)N3CCC[C@@H](n4cccn4)C3)cc12. The third kappa shape index (κ3) is 3.01. The highest BCUT2D eigenvalue weighted by molar-refractivity contribution is 5.97. The van der Waals surface area contributed by atoms with Gasteiger partial charge in [0.25, 0.3) is 11.6 Å². The van der Waals surface area contributed by atoms with Gasteiger partial charge in [-0.1, -0.05) is 18.5 Å². The summed E-state index contributed by atoms with van der Waals surface area (Å²) in [4.78, 5) is 19.1. The van der Waals surface area contributed by atoms with E-state index >= 15 is 0 Å². The Labute approximate surface area is 145 Å². The van der Waals surface area contributed by atoms with Crippen LogP contribution in [0.2, 0.25) is 0 Å². The molecule has 0 radical (unpaired) electrons. The van der Waals surface area contributed by atoms with Gasteiger partial charge in [-0.3, -0.25) is 9.48 Å². The average Bonchev–Trinajstić information content (AvgIpc) is 3.32. The molecule has 3 aromatic rings. The number of carbonyl (C=O) groups is 1. The van der Waals surface area contributed by atoms with Gasteiger partial charge in [0.2, 0.25) is 0 Å². The van der Waals surface area contributed by atoms with E-state index in [4.69, 9.17) is 4.52 Å². The molecule has 4 rings (SSSR count). The minimum absolute atomic E-state index is 0.00917. The monoisotopic (exact) mass is 339 g/mol. The van der Waals surface area contributed by atoms with E-state index in [1.165, 1.54) is 0 Å². The number of fused-ring (bicyclic) bond motifs is 1. The molecule has 130 valence electrons. The zero-order valence-corrected chi connectivity index (χ0v) is 14.3. The largest absolute Gasteiger partial charge is 0.336 e. The fourth-order valence-electron chi connectivity index (χ4n) is 3.45. The number of aromatic nitrogens is 4. The third-order valence-electron chi connectivity index (χ3n) is 4.72. The quantitative estimate of drug-likeness (QED) is 0.730. The lowest BCUT2D eigenvalue weighted by molar-refractivity contribution is 0.0672. The lowest BCUT2D eigenvalue weighted by Crippen LogP contribution is -2.40. The standard InChI is InChI=1S/C18H21N5O2/c1-2-5-16-15-10-13(11-19-17(15)25-21-16)18(24)22-8-3-6-14(12-22)23-9-4-7-20-23/h4,7,9-11,14H,2-3,5-6,8,12H2,1H3/t14-/m1/s1. The summed E-state index contributed by atoms with van der Waals surface area (Å²) in [6, 6.07) is 4.01. The van der Waals surface area contributed by atoms with Crippen molar-refractivity contribution < 1.29 is 9.32 Å². The van der Waals surface area contributed by atoms with Gasteiger partial charge >= 0.3 is 0 Å². The van der Waals surface area contributed by atoms with E-state index in [9.17, 15) is 4.79 Å². The average molecular weight is 339 g/mol. The maximum Gasteiger partial charge on any atom is 0.257 e. The van der Waals surface area contributed by atoms with Crippen LogP contribution in [0.15, 0.2) is 35.2 Å². The van der Waals surface area contributed by atoms with Crippen LogP contribution in [0.3, 0.4) is 0 Å². The first kappa shape index (κ1) is 15.8. The molecule has 0 aromatic carbocycles. The molecular formula is C18H21N5O2. The summed E-state index contributed by atoms with van der Waals surface area (Å²) < 4.78 is 7.19. The number of aryl methyl sites for hydroxylation is 1. The predicted octanol–water partition coefficient (Wildman–Crippen LogP) is 2.85. The van der Waals surface area contributed by atoms with Crippen LogP contribution in [0, 0.1) is 0 Å². The van der Waals surface area contributed by atoms with Gasteiger partial charge in [-0.05, 0) is 31.4 Å². The number of hydrogen-bond acceptors (Lipinski definition) is 5. The number of hydrogen-bond donors (Lipinski definition) is 0. The van der Waals surface area contributed by atoms with Crippen molar-refractivity contribution >= 4 is 17.0 Å². The zero-order chi connectivity index (χ0) is 17.2. The zero-order valence-electron chi connectivity index (χ0n) is 14.3. The number of likely N-dealkylation sites (tertiary alicyclic amines) is 1. The van der Waals surface area contributed by atoms with Crippen LogP contribution < -0.4 is 0 Å². The fourth-order valence-corrected chi connectivity index (χ4v) is 3.45. The maximum atomic E-state index is 13.0. The molecular weight excluding hydrogens is 318 g/mol. The molecule has 0 spiro atoms. The first-order valence-corrected chi connectivity index (χ1v) is 8.79. The number of carbonyl (C=O) groups excluding carboxylic acids is 1. The van der Waals surface area contributed by atoms with E-state index < -0.39 is 0 Å². The van der Waals surface area contributed by atoms with E-state index in [0.29, 0.717) is 17.8 Å². The van der Waals surface area contributed by atoms with Gasteiger partial charge < -0.3 is 9.42 Å². The molecule has 4 heterocycles. The summed E-state index contributed by atoms with van der Waals surface area (Å²) in [5, 5.41) is 9.23. The van der Waals surface area contributed by atoms with Crippen molar-refractivity contribution in [3.63, 3.8) is 0 Å². The number of amides is 1. The summed E-state index contributed by atoms with van der Waals surface area (Å²) in [6.07, 6.45) is 9.12. The molecule has 3 aromatic heterocycles. The second kappa shape index (κ2) is 6.66. The van der Waals surface area contributed by atoms with Gasteiger partial charge in [-0.15, -0.1) is 0 Å². The molecule has 7 heteroatoms. The summed E-state index contributed by atoms with van der Waals surface area (Å²) in [5.41, 5.74) is 1.95. The molecule has 25 heavy (non-hydrogen) atoms. The summed E-state index contributed by atoms with van der Waals surface area (Å²) in [7, 11) is 0. The van der Waals surface area contributed by atoms with Crippen molar-refractivity contribution in [3.8, 4) is 0 Å². The number of rotatable bonds is 4. The maximum absolute atomic E-state index is 13.0. The fraction of sp³-hybridized carbons (Fsp3) is 0.444. The van der Waals surface area contributed by atoms with Gasteiger partial charge in [0, 0.05) is 31.7 Å². The van der Waals surface area contributed by atoms with Crippen molar-refractivity contribution in [1.82, 2.24) is 24.8 Å². The Morgan fingerprint density at radius 3 is 3.16 bits per heavy atom. The summed E-state index contributed by atoms with van der Waals surface area (Å²) in [6.45, 7) is 3.52. The van der Waals surface area contributed by atoms with Crippen LogP contribution in [-0.4, -0.2) is 43.8 Å².